The molecule has 0 bridgehead atoms. The fourth-order valence-corrected chi connectivity index (χ4v) is 2.46. The average molecular weight is 271 g/mol. The van der Waals surface area contributed by atoms with Crippen molar-refractivity contribution in [1.29, 1.82) is 0 Å². The third-order valence-corrected chi connectivity index (χ3v) is 3.69. The van der Waals surface area contributed by atoms with E-state index in [9.17, 15) is 4.79 Å². The zero-order valence-corrected chi connectivity index (χ0v) is 11.0. The number of rotatable bonds is 2. The second-order valence-electron chi connectivity index (χ2n) is 4.31. The predicted molar refractivity (Wildman–Crippen MR) is 71.8 cm³/mol. The summed E-state index contributed by atoms with van der Waals surface area (Å²) in [5.41, 5.74) is 6.14. The first-order valence-electron chi connectivity index (χ1n) is 5.59. The number of hydrogen-bond acceptors (Lipinski definition) is 3. The molecule has 2 rings (SSSR count). The van der Waals surface area contributed by atoms with Crippen LogP contribution in [0, 0.1) is 5.92 Å². The number of carbonyl (C=O) groups excluding carboxylic acids is 1. The van der Waals surface area contributed by atoms with Gasteiger partial charge in [-0.05, 0) is 37.1 Å². The highest BCUT2D eigenvalue weighted by molar-refractivity contribution is 7.80. The largest absolute Gasteiger partial charge is 0.338 e. The van der Waals surface area contributed by atoms with Gasteiger partial charge in [-0.15, -0.1) is 12.6 Å². The van der Waals surface area contributed by atoms with Crippen molar-refractivity contribution in [3.63, 3.8) is 0 Å². The molecule has 0 spiro atoms. The van der Waals surface area contributed by atoms with Gasteiger partial charge in [0, 0.05) is 18.0 Å². The highest BCUT2D eigenvalue weighted by Gasteiger charge is 2.27. The lowest BCUT2D eigenvalue weighted by molar-refractivity contribution is 0.0787. The van der Waals surface area contributed by atoms with E-state index in [0.717, 1.165) is 24.4 Å². The minimum absolute atomic E-state index is 0.0261. The molecule has 0 aliphatic carbocycles. The number of nitrogens with two attached hydrogens (primary N) is 1. The molecule has 0 aromatic heterocycles. The number of carbonyl (C=O) groups is 1. The third-order valence-electron chi connectivity index (χ3n) is 3.09. The lowest BCUT2D eigenvalue weighted by Crippen LogP contribution is -2.30. The summed E-state index contributed by atoms with van der Waals surface area (Å²) in [5.74, 6) is 0.388. The number of benzene rings is 1. The monoisotopic (exact) mass is 270 g/mol. The van der Waals surface area contributed by atoms with Crippen LogP contribution in [-0.2, 0) is 0 Å². The Bertz CT molecular complexity index is 439. The minimum Gasteiger partial charge on any atom is -0.338 e. The van der Waals surface area contributed by atoms with Crippen molar-refractivity contribution in [2.45, 2.75) is 11.3 Å². The first-order chi connectivity index (χ1) is 8.11. The molecule has 5 heteroatoms. The summed E-state index contributed by atoms with van der Waals surface area (Å²) >= 11 is 10.3. The Hall–Kier alpha value is -0.710. The SMILES string of the molecule is NCC1CCN(C(=O)c2cc(S)ccc2Cl)C1. The molecule has 3 nitrogen and oxygen atoms in total. The number of thiol groups is 1. The van der Waals surface area contributed by atoms with Crippen LogP contribution in [0.5, 0.6) is 0 Å². The molecule has 1 aromatic rings. The minimum atomic E-state index is -0.0261. The second kappa shape index (κ2) is 5.29. The maximum absolute atomic E-state index is 12.2. The van der Waals surface area contributed by atoms with Gasteiger partial charge in [-0.25, -0.2) is 0 Å². The molecule has 1 saturated heterocycles. The number of likely N-dealkylation sites (tertiary alicyclic amines) is 1. The van der Waals surface area contributed by atoms with Gasteiger partial charge in [0.05, 0.1) is 10.6 Å². The van der Waals surface area contributed by atoms with Crippen molar-refractivity contribution in [1.82, 2.24) is 4.90 Å². The summed E-state index contributed by atoms with van der Waals surface area (Å²) in [6.45, 7) is 2.11. The molecule has 1 aliphatic rings. The summed E-state index contributed by atoms with van der Waals surface area (Å²) in [4.78, 5) is 14.8. The van der Waals surface area contributed by atoms with Crippen molar-refractivity contribution in [2.24, 2.45) is 11.7 Å². The van der Waals surface area contributed by atoms with Crippen LogP contribution >= 0.6 is 24.2 Å². The molecule has 1 heterocycles. The van der Waals surface area contributed by atoms with Gasteiger partial charge in [0.25, 0.3) is 5.91 Å². The number of halogens is 1. The quantitative estimate of drug-likeness (QED) is 0.808. The fourth-order valence-electron chi connectivity index (χ4n) is 2.06. The zero-order chi connectivity index (χ0) is 12.4. The van der Waals surface area contributed by atoms with Crippen molar-refractivity contribution in [3.8, 4) is 0 Å². The van der Waals surface area contributed by atoms with E-state index >= 15 is 0 Å². The first kappa shape index (κ1) is 12.7. The van der Waals surface area contributed by atoms with Crippen molar-refractivity contribution < 1.29 is 4.79 Å². The normalized spacial score (nSPS) is 19.7. The molecule has 1 amide bonds. The lowest BCUT2D eigenvalue weighted by atomic mass is 10.1. The summed E-state index contributed by atoms with van der Waals surface area (Å²) in [6, 6.07) is 5.19. The van der Waals surface area contributed by atoms with Crippen LogP contribution in [0.3, 0.4) is 0 Å². The molecule has 1 aliphatic heterocycles. The number of nitrogens with zero attached hydrogens (tertiary/aromatic N) is 1. The Balaban J connectivity index is 2.17. The molecule has 1 unspecified atom stereocenters. The highest BCUT2D eigenvalue weighted by atomic mass is 35.5. The molecule has 0 saturated carbocycles. The fraction of sp³-hybridized carbons (Fsp3) is 0.417. The van der Waals surface area contributed by atoms with Crippen LogP contribution < -0.4 is 5.73 Å². The summed E-state index contributed by atoms with van der Waals surface area (Å²) < 4.78 is 0. The molecule has 2 N–H and O–H groups in total. The topological polar surface area (TPSA) is 46.3 Å². The van der Waals surface area contributed by atoms with Crippen LogP contribution in [0.25, 0.3) is 0 Å². The Kier molecular flexibility index (Phi) is 3.97. The zero-order valence-electron chi connectivity index (χ0n) is 9.40. The van der Waals surface area contributed by atoms with Crippen LogP contribution in [0.1, 0.15) is 16.8 Å². The van der Waals surface area contributed by atoms with Gasteiger partial charge in [0.15, 0.2) is 0 Å². The van der Waals surface area contributed by atoms with Crippen LogP contribution in [-0.4, -0.2) is 30.4 Å². The summed E-state index contributed by atoms with van der Waals surface area (Å²) in [7, 11) is 0. The molecule has 1 atom stereocenters. The van der Waals surface area contributed by atoms with Gasteiger partial charge in [0.1, 0.15) is 0 Å². The van der Waals surface area contributed by atoms with Gasteiger partial charge in [-0.1, -0.05) is 11.6 Å². The average Bonchev–Trinajstić information content (AvgIpc) is 2.80. The maximum Gasteiger partial charge on any atom is 0.255 e. The third kappa shape index (κ3) is 2.76. The molecule has 1 aromatic carbocycles. The van der Waals surface area contributed by atoms with Crippen LogP contribution in [0.2, 0.25) is 5.02 Å². The van der Waals surface area contributed by atoms with Gasteiger partial charge in [-0.3, -0.25) is 4.79 Å². The van der Waals surface area contributed by atoms with E-state index in [1.165, 1.54) is 0 Å². The van der Waals surface area contributed by atoms with E-state index in [0.29, 0.717) is 23.0 Å². The first-order valence-corrected chi connectivity index (χ1v) is 6.42. The van der Waals surface area contributed by atoms with Gasteiger partial charge >= 0.3 is 0 Å². The van der Waals surface area contributed by atoms with Crippen LogP contribution in [0.15, 0.2) is 23.1 Å². The maximum atomic E-state index is 12.2. The van der Waals surface area contributed by atoms with Gasteiger partial charge in [-0.2, -0.15) is 0 Å². The van der Waals surface area contributed by atoms with E-state index in [1.807, 2.05) is 4.90 Å². The molecule has 17 heavy (non-hydrogen) atoms. The smallest absolute Gasteiger partial charge is 0.255 e. The Morgan fingerprint density at radius 2 is 2.35 bits per heavy atom. The molecule has 92 valence electrons. The highest BCUT2D eigenvalue weighted by Crippen LogP contribution is 2.24. The van der Waals surface area contributed by atoms with Gasteiger partial charge < -0.3 is 10.6 Å². The second-order valence-corrected chi connectivity index (χ2v) is 5.23. The molecular weight excluding hydrogens is 256 g/mol. The Morgan fingerprint density at radius 1 is 1.59 bits per heavy atom. The summed E-state index contributed by atoms with van der Waals surface area (Å²) in [5, 5.41) is 0.476. The van der Waals surface area contributed by atoms with E-state index in [2.05, 4.69) is 12.6 Å². The van der Waals surface area contributed by atoms with Gasteiger partial charge in [0.2, 0.25) is 0 Å². The standard InChI is InChI=1S/C12H15ClN2OS/c13-11-2-1-9(17)5-10(11)12(16)15-4-3-8(6-14)7-15/h1-2,5,8,17H,3-4,6-7,14H2. The van der Waals surface area contributed by atoms with Crippen molar-refractivity contribution in [2.75, 3.05) is 19.6 Å². The van der Waals surface area contributed by atoms with E-state index < -0.39 is 0 Å². The Morgan fingerprint density at radius 3 is 3.00 bits per heavy atom. The van der Waals surface area contributed by atoms with Crippen molar-refractivity contribution >= 4 is 30.1 Å². The molecule has 0 radical (unpaired) electrons. The van der Waals surface area contributed by atoms with Crippen LogP contribution in [0.4, 0.5) is 0 Å². The lowest BCUT2D eigenvalue weighted by Gasteiger charge is -2.17. The van der Waals surface area contributed by atoms with E-state index in [1.54, 1.807) is 18.2 Å². The number of amides is 1. The van der Waals surface area contributed by atoms with Crippen molar-refractivity contribution in [3.05, 3.63) is 28.8 Å². The number of hydrogen-bond donors (Lipinski definition) is 2. The summed E-state index contributed by atoms with van der Waals surface area (Å²) in [6.07, 6.45) is 0.973. The Labute approximate surface area is 111 Å². The predicted octanol–water partition coefficient (Wildman–Crippen LogP) is 2.05. The molecular formula is C12H15ClN2OS. The van der Waals surface area contributed by atoms with E-state index in [4.69, 9.17) is 17.3 Å². The molecule has 1 fully saturated rings. The van der Waals surface area contributed by atoms with E-state index in [-0.39, 0.29) is 5.91 Å².